The number of hydrogen-bond acceptors (Lipinski definition) is 3. The van der Waals surface area contributed by atoms with E-state index in [4.69, 9.17) is 4.74 Å². The molecule has 0 spiro atoms. The number of β-amino-alcohol motifs (C(OH)–C–C–N with tert-alkyl or cyclic N) is 1. The quantitative estimate of drug-likeness (QED) is 0.711. The third-order valence-electron chi connectivity index (χ3n) is 2.73. The van der Waals surface area contributed by atoms with Crippen LogP contribution in [-0.2, 0) is 4.74 Å². The number of aliphatic hydroxyl groups is 1. The molecule has 13 heavy (non-hydrogen) atoms. The number of rotatable bonds is 3. The van der Waals surface area contributed by atoms with E-state index in [0.29, 0.717) is 12.6 Å². The highest BCUT2D eigenvalue weighted by Gasteiger charge is 2.33. The monoisotopic (exact) mass is 187 g/mol. The van der Waals surface area contributed by atoms with Crippen molar-refractivity contribution in [2.75, 3.05) is 26.8 Å². The molecule has 1 N–H and O–H groups in total. The maximum atomic E-state index is 10.1. The van der Waals surface area contributed by atoms with Crippen molar-refractivity contribution in [2.45, 2.75) is 38.3 Å². The third kappa shape index (κ3) is 2.93. The number of piperidine rings is 1. The van der Waals surface area contributed by atoms with Gasteiger partial charge in [0.1, 0.15) is 5.60 Å². The van der Waals surface area contributed by atoms with Crippen LogP contribution in [0, 0.1) is 0 Å². The van der Waals surface area contributed by atoms with Gasteiger partial charge in [-0.3, -0.25) is 4.90 Å². The average molecular weight is 187 g/mol. The van der Waals surface area contributed by atoms with Crippen LogP contribution in [0.2, 0.25) is 0 Å². The molecular formula is C10H21NO2. The number of ether oxygens (including phenoxy) is 1. The summed E-state index contributed by atoms with van der Waals surface area (Å²) in [5, 5.41) is 10.1. The predicted octanol–water partition coefficient (Wildman–Crippen LogP) is 0.868. The Morgan fingerprint density at radius 2 is 2.23 bits per heavy atom. The van der Waals surface area contributed by atoms with E-state index >= 15 is 0 Å². The van der Waals surface area contributed by atoms with Gasteiger partial charge in [0.2, 0.25) is 0 Å². The molecule has 0 aromatic rings. The Morgan fingerprint density at radius 3 is 2.77 bits per heavy atom. The van der Waals surface area contributed by atoms with Crippen LogP contribution in [0.3, 0.4) is 0 Å². The van der Waals surface area contributed by atoms with Crippen LogP contribution in [0.1, 0.15) is 26.7 Å². The van der Waals surface area contributed by atoms with E-state index in [1.165, 1.54) is 0 Å². The lowest BCUT2D eigenvalue weighted by Crippen LogP contribution is -2.52. The van der Waals surface area contributed by atoms with E-state index < -0.39 is 5.60 Å². The Bertz CT molecular complexity index is 157. The standard InChI is InChI=1S/C10H21NO2/c1-9(2)11-6-4-5-10(12,7-11)8-13-3/h9,12H,4-8H2,1-3H3. The van der Waals surface area contributed by atoms with Crippen molar-refractivity contribution < 1.29 is 9.84 Å². The van der Waals surface area contributed by atoms with Gasteiger partial charge in [-0.05, 0) is 33.2 Å². The minimum absolute atomic E-state index is 0.455. The van der Waals surface area contributed by atoms with Crippen LogP contribution >= 0.6 is 0 Å². The number of methoxy groups -OCH3 is 1. The lowest BCUT2D eigenvalue weighted by atomic mass is 9.93. The van der Waals surface area contributed by atoms with Gasteiger partial charge in [-0.15, -0.1) is 0 Å². The van der Waals surface area contributed by atoms with E-state index in [9.17, 15) is 5.11 Å². The van der Waals surface area contributed by atoms with E-state index in [1.54, 1.807) is 7.11 Å². The molecule has 0 aliphatic carbocycles. The number of hydrogen-bond donors (Lipinski definition) is 1. The Morgan fingerprint density at radius 1 is 1.54 bits per heavy atom. The maximum Gasteiger partial charge on any atom is 0.101 e. The zero-order valence-corrected chi connectivity index (χ0v) is 8.92. The van der Waals surface area contributed by atoms with Crippen LogP contribution in [0.15, 0.2) is 0 Å². The zero-order valence-electron chi connectivity index (χ0n) is 8.92. The van der Waals surface area contributed by atoms with E-state index in [-0.39, 0.29) is 0 Å². The normalized spacial score (nSPS) is 31.2. The summed E-state index contributed by atoms with van der Waals surface area (Å²) in [6, 6.07) is 0.517. The van der Waals surface area contributed by atoms with Crippen LogP contribution in [-0.4, -0.2) is 48.5 Å². The Kier molecular flexibility index (Phi) is 3.71. The van der Waals surface area contributed by atoms with Crippen molar-refractivity contribution >= 4 is 0 Å². The molecule has 1 aliphatic rings. The fraction of sp³-hybridized carbons (Fsp3) is 1.00. The van der Waals surface area contributed by atoms with Gasteiger partial charge in [-0.2, -0.15) is 0 Å². The lowest BCUT2D eigenvalue weighted by Gasteiger charge is -2.40. The summed E-state index contributed by atoms with van der Waals surface area (Å²) < 4.78 is 5.04. The molecule has 1 aliphatic heterocycles. The number of likely N-dealkylation sites (tertiary alicyclic amines) is 1. The molecule has 0 aromatic heterocycles. The van der Waals surface area contributed by atoms with Crippen LogP contribution in [0.5, 0.6) is 0 Å². The second-order valence-corrected chi connectivity index (χ2v) is 4.33. The van der Waals surface area contributed by atoms with E-state index in [0.717, 1.165) is 25.9 Å². The largest absolute Gasteiger partial charge is 0.386 e. The second kappa shape index (κ2) is 4.40. The van der Waals surface area contributed by atoms with Crippen LogP contribution in [0.4, 0.5) is 0 Å². The van der Waals surface area contributed by atoms with Gasteiger partial charge in [0.05, 0.1) is 6.61 Å². The highest BCUT2D eigenvalue weighted by atomic mass is 16.5. The van der Waals surface area contributed by atoms with Crippen LogP contribution in [0.25, 0.3) is 0 Å². The van der Waals surface area contributed by atoms with Crippen molar-refractivity contribution in [3.8, 4) is 0 Å². The molecule has 78 valence electrons. The second-order valence-electron chi connectivity index (χ2n) is 4.33. The first kappa shape index (κ1) is 11.0. The summed E-state index contributed by atoms with van der Waals surface area (Å²) in [7, 11) is 1.65. The van der Waals surface area contributed by atoms with E-state index in [1.807, 2.05) is 0 Å². The highest BCUT2D eigenvalue weighted by molar-refractivity contribution is 4.87. The summed E-state index contributed by atoms with van der Waals surface area (Å²) in [5.74, 6) is 0. The van der Waals surface area contributed by atoms with Gasteiger partial charge in [-0.25, -0.2) is 0 Å². The van der Waals surface area contributed by atoms with Gasteiger partial charge in [0, 0.05) is 19.7 Å². The van der Waals surface area contributed by atoms with E-state index in [2.05, 4.69) is 18.7 Å². The minimum Gasteiger partial charge on any atom is -0.386 e. The molecule has 0 amide bonds. The minimum atomic E-state index is -0.614. The molecule has 1 rings (SSSR count). The van der Waals surface area contributed by atoms with Crippen molar-refractivity contribution in [3.05, 3.63) is 0 Å². The van der Waals surface area contributed by atoms with Gasteiger partial charge >= 0.3 is 0 Å². The molecule has 3 nitrogen and oxygen atoms in total. The SMILES string of the molecule is COCC1(O)CCCN(C(C)C)C1. The van der Waals surface area contributed by atoms with Crippen LogP contribution < -0.4 is 0 Å². The average Bonchev–Trinajstić information content (AvgIpc) is 2.04. The summed E-state index contributed by atoms with van der Waals surface area (Å²) >= 11 is 0. The fourth-order valence-corrected chi connectivity index (χ4v) is 1.97. The third-order valence-corrected chi connectivity index (χ3v) is 2.73. The molecule has 0 radical (unpaired) electrons. The van der Waals surface area contributed by atoms with Gasteiger partial charge < -0.3 is 9.84 Å². The summed E-state index contributed by atoms with van der Waals surface area (Å²) in [4.78, 5) is 2.31. The first-order valence-electron chi connectivity index (χ1n) is 5.03. The summed E-state index contributed by atoms with van der Waals surface area (Å²) in [6.45, 7) is 6.63. The summed E-state index contributed by atoms with van der Waals surface area (Å²) in [5.41, 5.74) is -0.614. The van der Waals surface area contributed by atoms with Crippen molar-refractivity contribution in [1.82, 2.24) is 4.90 Å². The smallest absolute Gasteiger partial charge is 0.101 e. The molecule has 0 aromatic carbocycles. The Balaban J connectivity index is 2.49. The molecule has 1 unspecified atom stereocenters. The molecule has 0 saturated carbocycles. The number of nitrogens with zero attached hydrogens (tertiary/aromatic N) is 1. The molecule has 1 heterocycles. The van der Waals surface area contributed by atoms with Crippen molar-refractivity contribution in [1.29, 1.82) is 0 Å². The molecule has 1 atom stereocenters. The van der Waals surface area contributed by atoms with Gasteiger partial charge in [-0.1, -0.05) is 0 Å². The topological polar surface area (TPSA) is 32.7 Å². The molecular weight excluding hydrogens is 166 g/mol. The molecule has 0 bridgehead atoms. The van der Waals surface area contributed by atoms with Crippen molar-refractivity contribution in [3.63, 3.8) is 0 Å². The highest BCUT2D eigenvalue weighted by Crippen LogP contribution is 2.22. The molecule has 1 saturated heterocycles. The Labute approximate surface area is 80.7 Å². The first-order valence-corrected chi connectivity index (χ1v) is 5.03. The zero-order chi connectivity index (χ0) is 9.90. The predicted molar refractivity (Wildman–Crippen MR) is 52.8 cm³/mol. The Hall–Kier alpha value is -0.120. The van der Waals surface area contributed by atoms with Gasteiger partial charge in [0.15, 0.2) is 0 Å². The first-order chi connectivity index (χ1) is 6.07. The van der Waals surface area contributed by atoms with Gasteiger partial charge in [0.25, 0.3) is 0 Å². The molecule has 1 fully saturated rings. The maximum absolute atomic E-state index is 10.1. The molecule has 3 heteroatoms. The van der Waals surface area contributed by atoms with Crippen molar-refractivity contribution in [2.24, 2.45) is 0 Å². The fourth-order valence-electron chi connectivity index (χ4n) is 1.97. The summed E-state index contributed by atoms with van der Waals surface area (Å²) in [6.07, 6.45) is 1.93. The lowest BCUT2D eigenvalue weighted by molar-refractivity contribution is -0.0832.